The zero-order chi connectivity index (χ0) is 22.4. The van der Waals surface area contributed by atoms with E-state index in [1.165, 1.54) is 5.57 Å². The average Bonchev–Trinajstić information content (AvgIpc) is 2.54. The first-order valence-electron chi connectivity index (χ1n) is 11.2. The van der Waals surface area contributed by atoms with Crippen LogP contribution >= 0.6 is 0 Å². The summed E-state index contributed by atoms with van der Waals surface area (Å²) in [5.74, 6) is 0.426. The van der Waals surface area contributed by atoms with Gasteiger partial charge in [-0.1, -0.05) is 46.3 Å². The summed E-state index contributed by atoms with van der Waals surface area (Å²) in [5, 5.41) is 0.167. The number of cyclic esters (lactones) is 1. The van der Waals surface area contributed by atoms with Gasteiger partial charge in [0.2, 0.25) is 0 Å². The van der Waals surface area contributed by atoms with Crippen LogP contribution in [0.3, 0.4) is 0 Å². The van der Waals surface area contributed by atoms with Crippen LogP contribution in [0.4, 0.5) is 0 Å². The van der Waals surface area contributed by atoms with Crippen LogP contribution in [0.5, 0.6) is 0 Å². The smallest absolute Gasteiger partial charge is 0.306 e. The molecule has 5 heteroatoms. The molecule has 168 valence electrons. The van der Waals surface area contributed by atoms with Crippen LogP contribution in [0, 0.1) is 11.8 Å². The minimum atomic E-state index is -1.87. The first-order chi connectivity index (χ1) is 13.2. The zero-order valence-electron chi connectivity index (χ0n) is 20.3. The molecule has 0 saturated carbocycles. The lowest BCUT2D eigenvalue weighted by Gasteiger charge is -2.41. The predicted molar refractivity (Wildman–Crippen MR) is 122 cm³/mol. The number of Topliss-reactive ketones (excluding diaryl/α,β-unsaturated/α-hetero) is 1. The topological polar surface area (TPSA) is 52.6 Å². The lowest BCUT2D eigenvalue weighted by atomic mass is 9.90. The molecule has 0 radical (unpaired) electrons. The molecule has 4 nitrogen and oxygen atoms in total. The predicted octanol–water partition coefficient (Wildman–Crippen LogP) is 6.45. The molecule has 0 spiro atoms. The number of rotatable bonds is 5. The third kappa shape index (κ3) is 8.75. The molecule has 1 aliphatic heterocycles. The molecule has 0 fully saturated rings. The maximum absolute atomic E-state index is 12.5. The minimum Gasteiger partial charge on any atom is -0.462 e. The monoisotopic (exact) mass is 424 g/mol. The SMILES string of the molecule is CC(=O)C[C@H](C)[C@H]1C/C=C(\C)C[C@H](C)C(O[Si](C)(C)C(C)(C)C)CCCC(=O)O1. The number of ether oxygens (including phenoxy) is 1. The van der Waals surface area contributed by atoms with Crippen LogP contribution in [-0.4, -0.2) is 32.3 Å². The van der Waals surface area contributed by atoms with Crippen molar-refractivity contribution in [3.05, 3.63) is 11.6 Å². The minimum absolute atomic E-state index is 0.0375. The Morgan fingerprint density at radius 2 is 1.97 bits per heavy atom. The van der Waals surface area contributed by atoms with E-state index in [0.29, 0.717) is 25.2 Å². The molecule has 0 aromatic carbocycles. The van der Waals surface area contributed by atoms with Gasteiger partial charge >= 0.3 is 5.97 Å². The van der Waals surface area contributed by atoms with E-state index in [-0.39, 0.29) is 34.9 Å². The third-order valence-electron chi connectivity index (χ3n) is 6.63. The number of allylic oxidation sites excluding steroid dienone is 1. The normalized spacial score (nSPS) is 28.4. The Hall–Kier alpha value is -0.943. The van der Waals surface area contributed by atoms with Crippen molar-refractivity contribution in [3.63, 3.8) is 0 Å². The largest absolute Gasteiger partial charge is 0.462 e. The molecule has 0 bridgehead atoms. The molecule has 0 amide bonds. The summed E-state index contributed by atoms with van der Waals surface area (Å²) in [6, 6.07) is 0. The molecule has 0 aromatic rings. The number of ketones is 1. The van der Waals surface area contributed by atoms with Crippen LogP contribution in [0.25, 0.3) is 0 Å². The summed E-state index contributed by atoms with van der Waals surface area (Å²) in [4.78, 5) is 24.0. The second kappa shape index (κ2) is 10.9. The Bertz CT molecular complexity index is 588. The van der Waals surface area contributed by atoms with Gasteiger partial charge in [0.25, 0.3) is 0 Å². The van der Waals surface area contributed by atoms with Gasteiger partial charge in [0, 0.05) is 31.3 Å². The van der Waals surface area contributed by atoms with E-state index in [2.05, 4.69) is 53.8 Å². The Kier molecular flexibility index (Phi) is 9.81. The Labute approximate surface area is 179 Å². The van der Waals surface area contributed by atoms with E-state index in [1.807, 2.05) is 6.92 Å². The summed E-state index contributed by atoms with van der Waals surface area (Å²) in [5.41, 5.74) is 1.30. The Morgan fingerprint density at radius 3 is 2.52 bits per heavy atom. The zero-order valence-corrected chi connectivity index (χ0v) is 21.3. The number of carbonyl (C=O) groups is 2. The van der Waals surface area contributed by atoms with Gasteiger partial charge in [-0.2, -0.15) is 0 Å². The molecule has 0 N–H and O–H groups in total. The van der Waals surface area contributed by atoms with Crippen molar-refractivity contribution in [2.45, 2.75) is 117 Å². The van der Waals surface area contributed by atoms with E-state index < -0.39 is 8.32 Å². The molecule has 1 aliphatic rings. The van der Waals surface area contributed by atoms with E-state index in [4.69, 9.17) is 9.16 Å². The molecule has 0 aromatic heterocycles. The van der Waals surface area contributed by atoms with Gasteiger partial charge in [-0.15, -0.1) is 0 Å². The van der Waals surface area contributed by atoms with Gasteiger partial charge in [0.1, 0.15) is 11.9 Å². The molecule has 4 atom stereocenters. The highest BCUT2D eigenvalue weighted by Gasteiger charge is 2.40. The van der Waals surface area contributed by atoms with Crippen molar-refractivity contribution in [1.82, 2.24) is 0 Å². The van der Waals surface area contributed by atoms with Crippen LogP contribution in [0.15, 0.2) is 11.6 Å². The van der Waals surface area contributed by atoms with Gasteiger partial charge in [-0.05, 0) is 57.2 Å². The van der Waals surface area contributed by atoms with Crippen LogP contribution in [0.1, 0.15) is 87.0 Å². The summed E-state index contributed by atoms with van der Waals surface area (Å²) < 4.78 is 12.6. The van der Waals surface area contributed by atoms with Gasteiger partial charge in [0.15, 0.2) is 8.32 Å². The fraction of sp³-hybridized carbons (Fsp3) is 0.833. The van der Waals surface area contributed by atoms with Gasteiger partial charge in [-0.25, -0.2) is 0 Å². The summed E-state index contributed by atoms with van der Waals surface area (Å²) in [6.45, 7) is 19.4. The number of carbonyl (C=O) groups excluding carboxylic acids is 2. The summed E-state index contributed by atoms with van der Waals surface area (Å²) in [7, 11) is -1.87. The maximum atomic E-state index is 12.5. The van der Waals surface area contributed by atoms with Gasteiger partial charge < -0.3 is 14.0 Å². The standard InChI is InChI=1S/C24H44O4Si/c1-17-13-14-21(19(3)16-20(4)25)27-23(26)12-10-11-22(18(2)15-17)28-29(8,9)24(5,6)7/h13,18-19,21-22H,10-12,14-16H2,1-9H3/b17-13+/t18-,19-,21+,22?/m0/s1. The molecule has 29 heavy (non-hydrogen) atoms. The molecular formula is C24H44O4Si. The molecule has 1 heterocycles. The molecule has 1 unspecified atom stereocenters. The lowest BCUT2D eigenvalue weighted by Crippen LogP contribution is -2.45. The molecule has 1 rings (SSSR count). The fourth-order valence-electron chi connectivity index (χ4n) is 3.71. The highest BCUT2D eigenvalue weighted by atomic mass is 28.4. The van der Waals surface area contributed by atoms with Crippen molar-refractivity contribution in [1.29, 1.82) is 0 Å². The van der Waals surface area contributed by atoms with Crippen molar-refractivity contribution >= 4 is 20.1 Å². The first-order valence-corrected chi connectivity index (χ1v) is 14.2. The second-order valence-corrected chi connectivity index (χ2v) is 15.4. The molecule has 0 saturated heterocycles. The van der Waals surface area contributed by atoms with E-state index in [0.717, 1.165) is 19.3 Å². The highest BCUT2D eigenvalue weighted by Crippen LogP contribution is 2.39. The van der Waals surface area contributed by atoms with E-state index in [9.17, 15) is 9.59 Å². The third-order valence-corrected chi connectivity index (χ3v) is 11.1. The quantitative estimate of drug-likeness (QED) is 0.289. The van der Waals surface area contributed by atoms with Crippen molar-refractivity contribution < 1.29 is 18.8 Å². The molecular weight excluding hydrogens is 380 g/mol. The fourth-order valence-corrected chi connectivity index (χ4v) is 5.17. The Balaban J connectivity index is 2.98. The van der Waals surface area contributed by atoms with E-state index >= 15 is 0 Å². The first kappa shape index (κ1) is 26.1. The second-order valence-electron chi connectivity index (χ2n) is 10.7. The van der Waals surface area contributed by atoms with Crippen molar-refractivity contribution in [2.24, 2.45) is 11.8 Å². The number of esters is 1. The van der Waals surface area contributed by atoms with Gasteiger partial charge in [0.05, 0.1) is 0 Å². The maximum Gasteiger partial charge on any atom is 0.306 e. The van der Waals surface area contributed by atoms with E-state index in [1.54, 1.807) is 6.92 Å². The molecule has 0 aliphatic carbocycles. The average molecular weight is 425 g/mol. The van der Waals surface area contributed by atoms with Crippen molar-refractivity contribution in [2.75, 3.05) is 0 Å². The lowest BCUT2D eigenvalue weighted by molar-refractivity contribution is -0.152. The number of hydrogen-bond donors (Lipinski definition) is 0. The van der Waals surface area contributed by atoms with Crippen LogP contribution in [0.2, 0.25) is 18.1 Å². The van der Waals surface area contributed by atoms with Crippen LogP contribution in [-0.2, 0) is 18.8 Å². The van der Waals surface area contributed by atoms with Crippen molar-refractivity contribution in [3.8, 4) is 0 Å². The number of hydrogen-bond acceptors (Lipinski definition) is 4. The Morgan fingerprint density at radius 1 is 1.34 bits per heavy atom. The summed E-state index contributed by atoms with van der Waals surface area (Å²) in [6.07, 6.45) is 6.31. The van der Waals surface area contributed by atoms with Crippen LogP contribution < -0.4 is 0 Å². The van der Waals surface area contributed by atoms with Gasteiger partial charge in [-0.3, -0.25) is 4.79 Å². The summed E-state index contributed by atoms with van der Waals surface area (Å²) >= 11 is 0. The highest BCUT2D eigenvalue weighted by molar-refractivity contribution is 6.74.